The van der Waals surface area contributed by atoms with Gasteiger partial charge >= 0.3 is 0 Å². The van der Waals surface area contributed by atoms with E-state index in [0.717, 1.165) is 12.8 Å². The maximum Gasteiger partial charge on any atom is 0.0415 e. The van der Waals surface area contributed by atoms with Gasteiger partial charge in [0.2, 0.25) is 0 Å². The van der Waals surface area contributed by atoms with Crippen LogP contribution in [0.1, 0.15) is 67.5 Å². The molecule has 262 valence electrons. The second-order valence-electron chi connectivity index (χ2n) is 15.2. The molecule has 0 saturated carbocycles. The highest BCUT2D eigenvalue weighted by Crippen LogP contribution is 2.63. The Hall–Kier alpha value is -6.50. The van der Waals surface area contributed by atoms with Crippen LogP contribution < -0.4 is 0 Å². The van der Waals surface area contributed by atoms with E-state index in [4.69, 9.17) is 0 Å². The fourth-order valence-corrected chi connectivity index (χ4v) is 9.71. The Labute approximate surface area is 325 Å². The molecule has 0 heteroatoms. The number of benzene rings is 8. The second-order valence-corrected chi connectivity index (χ2v) is 15.2. The Morgan fingerprint density at radius 1 is 0.364 bits per heavy atom. The van der Waals surface area contributed by atoms with Crippen molar-refractivity contribution >= 4 is 6.08 Å². The standard InChI is InChI=1S/C55H42/c1-6-16-39(17-7-1)34-41-26-31-48-49-32-27-42(35-40-18-8-2-9-19-40)37-52(49)54(51(48)36-41)55(46-22-12-4-13-23-46,47-24-14-5-15-25-47)53-33-30-44-28-29-45(38-50(44)53)43-20-10-3-11-21-43/h1-33,36-38,53-54H,34-35H2. The van der Waals surface area contributed by atoms with E-state index in [1.807, 2.05) is 0 Å². The first kappa shape index (κ1) is 33.1. The van der Waals surface area contributed by atoms with E-state index in [1.54, 1.807) is 0 Å². The van der Waals surface area contributed by atoms with Gasteiger partial charge in [-0.3, -0.25) is 0 Å². The molecular weight excluding hydrogens is 661 g/mol. The molecule has 0 heterocycles. The van der Waals surface area contributed by atoms with Crippen molar-refractivity contribution in [3.8, 4) is 22.3 Å². The molecule has 1 unspecified atom stereocenters. The Bertz CT molecular complexity index is 2490. The van der Waals surface area contributed by atoms with Crippen LogP contribution in [-0.2, 0) is 18.3 Å². The van der Waals surface area contributed by atoms with Gasteiger partial charge in [-0.25, -0.2) is 0 Å². The average molecular weight is 703 g/mol. The molecule has 0 bridgehead atoms. The van der Waals surface area contributed by atoms with Crippen LogP contribution in [0.15, 0.2) is 212 Å². The van der Waals surface area contributed by atoms with Gasteiger partial charge in [-0.05, 0) is 96.8 Å². The summed E-state index contributed by atoms with van der Waals surface area (Å²) in [5.74, 6) is 0.102. The SMILES string of the molecule is C1=CC(C(c2ccccc2)(c2ccccc2)C2c3cc(Cc4ccccc4)ccc3-c3ccc(Cc4ccccc4)cc32)c2cc(-c3ccccc3)ccc21. The van der Waals surface area contributed by atoms with Crippen molar-refractivity contribution in [1.29, 1.82) is 0 Å². The van der Waals surface area contributed by atoms with Crippen molar-refractivity contribution in [3.63, 3.8) is 0 Å². The van der Waals surface area contributed by atoms with Gasteiger partial charge in [0.05, 0.1) is 0 Å². The van der Waals surface area contributed by atoms with Crippen molar-refractivity contribution in [3.05, 3.63) is 268 Å². The maximum atomic E-state index is 2.55. The van der Waals surface area contributed by atoms with Crippen LogP contribution in [-0.4, -0.2) is 0 Å². The summed E-state index contributed by atoms with van der Waals surface area (Å²) in [6.45, 7) is 0. The molecule has 8 aromatic rings. The third-order valence-electron chi connectivity index (χ3n) is 12.1. The molecule has 1 atom stereocenters. The van der Waals surface area contributed by atoms with E-state index in [0.29, 0.717) is 0 Å². The minimum Gasteiger partial charge on any atom is -0.0751 e. The molecule has 2 aliphatic carbocycles. The Kier molecular flexibility index (Phi) is 8.45. The molecular formula is C55H42. The maximum absolute atomic E-state index is 2.55. The van der Waals surface area contributed by atoms with Gasteiger partial charge in [-0.1, -0.05) is 212 Å². The zero-order chi connectivity index (χ0) is 36.6. The third-order valence-corrected chi connectivity index (χ3v) is 12.1. The Morgan fingerprint density at radius 3 is 1.35 bits per heavy atom. The van der Waals surface area contributed by atoms with E-state index in [-0.39, 0.29) is 11.8 Å². The molecule has 0 aromatic heterocycles. The van der Waals surface area contributed by atoms with Gasteiger partial charge in [0.1, 0.15) is 0 Å². The van der Waals surface area contributed by atoms with Crippen molar-refractivity contribution in [2.45, 2.75) is 30.1 Å². The van der Waals surface area contributed by atoms with Crippen LogP contribution in [0.4, 0.5) is 0 Å². The largest absolute Gasteiger partial charge is 0.0751 e. The Morgan fingerprint density at radius 2 is 0.836 bits per heavy atom. The normalized spacial score (nSPS) is 14.4. The van der Waals surface area contributed by atoms with Crippen LogP contribution in [0.5, 0.6) is 0 Å². The molecule has 0 nitrogen and oxygen atoms in total. The minimum absolute atomic E-state index is 0.0368. The average Bonchev–Trinajstić information content (AvgIpc) is 3.82. The fraction of sp³-hybridized carbons (Fsp3) is 0.0909. The molecule has 0 radical (unpaired) electrons. The molecule has 55 heavy (non-hydrogen) atoms. The predicted octanol–water partition coefficient (Wildman–Crippen LogP) is 13.4. The van der Waals surface area contributed by atoms with Crippen molar-refractivity contribution < 1.29 is 0 Å². The van der Waals surface area contributed by atoms with Crippen molar-refractivity contribution in [2.75, 3.05) is 0 Å². The number of hydrogen-bond donors (Lipinski definition) is 0. The van der Waals surface area contributed by atoms with E-state index >= 15 is 0 Å². The lowest BCUT2D eigenvalue weighted by Crippen LogP contribution is -2.40. The molecule has 0 amide bonds. The number of fused-ring (bicyclic) bond motifs is 4. The summed E-state index contributed by atoms with van der Waals surface area (Å²) in [5.41, 5.74) is 18.2. The third kappa shape index (κ3) is 5.86. The van der Waals surface area contributed by atoms with Gasteiger partial charge in [0.25, 0.3) is 0 Å². The zero-order valence-electron chi connectivity index (χ0n) is 30.9. The smallest absolute Gasteiger partial charge is 0.0415 e. The number of allylic oxidation sites excluding steroid dienone is 1. The number of hydrogen-bond acceptors (Lipinski definition) is 0. The molecule has 8 aromatic carbocycles. The first-order valence-corrected chi connectivity index (χ1v) is 19.6. The topological polar surface area (TPSA) is 0 Å². The second kappa shape index (κ2) is 14.0. The first-order valence-electron chi connectivity index (χ1n) is 19.6. The van der Waals surface area contributed by atoms with E-state index in [1.165, 1.54) is 77.9 Å². The van der Waals surface area contributed by atoms with Crippen LogP contribution in [0.3, 0.4) is 0 Å². The highest BCUT2D eigenvalue weighted by molar-refractivity contribution is 5.83. The van der Waals surface area contributed by atoms with Gasteiger partial charge < -0.3 is 0 Å². The fourth-order valence-electron chi connectivity index (χ4n) is 9.71. The summed E-state index contributed by atoms with van der Waals surface area (Å²) in [6, 6.07) is 77.2. The summed E-state index contributed by atoms with van der Waals surface area (Å²) in [4.78, 5) is 0. The van der Waals surface area contributed by atoms with Gasteiger partial charge in [-0.2, -0.15) is 0 Å². The highest BCUT2D eigenvalue weighted by Gasteiger charge is 2.53. The van der Waals surface area contributed by atoms with Gasteiger partial charge in [0, 0.05) is 17.3 Å². The van der Waals surface area contributed by atoms with Crippen LogP contribution in [0.2, 0.25) is 0 Å². The van der Waals surface area contributed by atoms with Crippen LogP contribution in [0, 0.1) is 0 Å². The molecule has 0 aliphatic heterocycles. The summed E-state index contributed by atoms with van der Waals surface area (Å²) in [7, 11) is 0. The zero-order valence-corrected chi connectivity index (χ0v) is 30.9. The molecule has 0 N–H and O–H groups in total. The first-order chi connectivity index (χ1) is 27.3. The van der Waals surface area contributed by atoms with E-state index < -0.39 is 5.41 Å². The van der Waals surface area contributed by atoms with Crippen molar-refractivity contribution in [1.82, 2.24) is 0 Å². The van der Waals surface area contributed by atoms with E-state index in [9.17, 15) is 0 Å². The van der Waals surface area contributed by atoms with Crippen LogP contribution >= 0.6 is 0 Å². The van der Waals surface area contributed by atoms with Crippen LogP contribution in [0.25, 0.3) is 28.3 Å². The Balaban J connectivity index is 1.26. The summed E-state index contributed by atoms with van der Waals surface area (Å²) < 4.78 is 0. The molecule has 0 fully saturated rings. The monoisotopic (exact) mass is 702 g/mol. The molecule has 0 saturated heterocycles. The minimum atomic E-state index is -0.476. The molecule has 2 aliphatic rings. The van der Waals surface area contributed by atoms with Gasteiger partial charge in [0.15, 0.2) is 0 Å². The lowest BCUT2D eigenvalue weighted by atomic mass is 9.55. The molecule has 0 spiro atoms. The summed E-state index contributed by atoms with van der Waals surface area (Å²) >= 11 is 0. The predicted molar refractivity (Wildman–Crippen MR) is 230 cm³/mol. The van der Waals surface area contributed by atoms with Gasteiger partial charge in [-0.15, -0.1) is 0 Å². The lowest BCUT2D eigenvalue weighted by molar-refractivity contribution is 0.416. The number of rotatable bonds is 9. The summed E-state index contributed by atoms with van der Waals surface area (Å²) in [6.07, 6.45) is 6.68. The highest BCUT2D eigenvalue weighted by atomic mass is 14.5. The molecule has 10 rings (SSSR count). The van der Waals surface area contributed by atoms with E-state index in [2.05, 4.69) is 218 Å². The quantitative estimate of drug-likeness (QED) is 0.140. The summed E-state index contributed by atoms with van der Waals surface area (Å²) in [5, 5.41) is 0. The van der Waals surface area contributed by atoms with Crippen molar-refractivity contribution in [2.24, 2.45) is 0 Å². The lowest BCUT2D eigenvalue weighted by Gasteiger charge is -2.46.